The predicted octanol–water partition coefficient (Wildman–Crippen LogP) is -0.490. The first-order chi connectivity index (χ1) is 11.5. The molecule has 8 nitrogen and oxygen atoms in total. The summed E-state index contributed by atoms with van der Waals surface area (Å²) in [5.74, 6) is -0.265. The van der Waals surface area contributed by atoms with Crippen LogP contribution in [0.3, 0.4) is 0 Å². The molecule has 0 bridgehead atoms. The molecule has 0 aromatic heterocycles. The van der Waals surface area contributed by atoms with E-state index in [2.05, 4.69) is 20.3 Å². The second-order valence-corrected chi connectivity index (χ2v) is 7.35. The molecule has 24 heavy (non-hydrogen) atoms. The van der Waals surface area contributed by atoms with E-state index in [1.807, 2.05) is 0 Å². The molecule has 1 aromatic rings. The van der Waals surface area contributed by atoms with Gasteiger partial charge in [-0.1, -0.05) is 12.1 Å². The molecular formula is C15H18N4O4S. The Morgan fingerprint density at radius 2 is 1.96 bits per heavy atom. The van der Waals surface area contributed by atoms with Gasteiger partial charge in [-0.05, 0) is 25.0 Å². The number of benzene rings is 1. The van der Waals surface area contributed by atoms with Crippen LogP contribution in [-0.2, 0) is 19.6 Å². The van der Waals surface area contributed by atoms with Crippen LogP contribution in [0.1, 0.15) is 24.8 Å². The Morgan fingerprint density at radius 1 is 1.21 bits per heavy atom. The predicted molar refractivity (Wildman–Crippen MR) is 87.0 cm³/mol. The molecule has 1 aliphatic carbocycles. The van der Waals surface area contributed by atoms with E-state index in [-0.39, 0.29) is 48.1 Å². The van der Waals surface area contributed by atoms with Crippen LogP contribution < -0.4 is 15.4 Å². The lowest BCUT2D eigenvalue weighted by Crippen LogP contribution is -2.38. The number of carbonyl (C=O) groups is 2. The van der Waals surface area contributed by atoms with Gasteiger partial charge >= 0.3 is 0 Å². The van der Waals surface area contributed by atoms with E-state index in [1.165, 1.54) is 6.07 Å². The molecule has 128 valence electrons. The topological polar surface area (TPSA) is 117 Å². The highest BCUT2D eigenvalue weighted by atomic mass is 32.2. The van der Waals surface area contributed by atoms with Crippen LogP contribution in [-0.4, -0.2) is 45.2 Å². The zero-order valence-electron chi connectivity index (χ0n) is 12.9. The Bertz CT molecular complexity index is 799. The molecule has 3 N–H and O–H groups in total. The van der Waals surface area contributed by atoms with E-state index >= 15 is 0 Å². The van der Waals surface area contributed by atoms with Gasteiger partial charge < -0.3 is 10.6 Å². The molecule has 1 heterocycles. The van der Waals surface area contributed by atoms with Gasteiger partial charge in [0.2, 0.25) is 11.8 Å². The first-order valence-electron chi connectivity index (χ1n) is 7.68. The average molecular weight is 350 g/mol. The van der Waals surface area contributed by atoms with Crippen LogP contribution >= 0.6 is 0 Å². The fourth-order valence-corrected chi connectivity index (χ4v) is 3.55. The van der Waals surface area contributed by atoms with Gasteiger partial charge in [-0.2, -0.15) is 0 Å². The zero-order chi connectivity index (χ0) is 17.2. The molecule has 0 saturated heterocycles. The van der Waals surface area contributed by atoms with E-state index in [1.54, 1.807) is 18.2 Å². The van der Waals surface area contributed by atoms with Crippen molar-refractivity contribution in [1.29, 1.82) is 0 Å². The highest BCUT2D eigenvalue weighted by molar-refractivity contribution is 7.90. The Labute approximate surface area is 139 Å². The number of carbonyl (C=O) groups excluding carboxylic acids is 2. The molecule has 0 unspecified atom stereocenters. The number of amides is 2. The van der Waals surface area contributed by atoms with Crippen molar-refractivity contribution < 1.29 is 18.0 Å². The van der Waals surface area contributed by atoms with Crippen molar-refractivity contribution in [3.8, 4) is 0 Å². The van der Waals surface area contributed by atoms with Crippen molar-refractivity contribution in [3.63, 3.8) is 0 Å². The van der Waals surface area contributed by atoms with Gasteiger partial charge in [0.1, 0.15) is 5.84 Å². The number of nitrogens with one attached hydrogen (secondary N) is 3. The molecule has 1 saturated carbocycles. The van der Waals surface area contributed by atoms with Crippen molar-refractivity contribution in [3.05, 3.63) is 29.8 Å². The summed E-state index contributed by atoms with van der Waals surface area (Å²) in [5, 5.41) is 5.29. The van der Waals surface area contributed by atoms with Gasteiger partial charge in [0.25, 0.3) is 10.0 Å². The maximum Gasteiger partial charge on any atom is 0.263 e. The number of nitrogens with zero attached hydrogens (tertiary/aromatic N) is 1. The van der Waals surface area contributed by atoms with Crippen LogP contribution in [0.15, 0.2) is 34.2 Å². The summed E-state index contributed by atoms with van der Waals surface area (Å²) in [5.41, 5.74) is 0.502. The first-order valence-corrected chi connectivity index (χ1v) is 9.17. The van der Waals surface area contributed by atoms with Gasteiger partial charge in [-0.15, -0.1) is 0 Å². The summed E-state index contributed by atoms with van der Waals surface area (Å²) in [6, 6.07) is 6.79. The molecule has 0 spiro atoms. The third-order valence-electron chi connectivity index (χ3n) is 3.66. The molecule has 1 aliphatic heterocycles. The molecule has 0 radical (unpaired) electrons. The van der Waals surface area contributed by atoms with Crippen LogP contribution in [0.25, 0.3) is 0 Å². The summed E-state index contributed by atoms with van der Waals surface area (Å²) in [6.45, 7) is 0.0730. The van der Waals surface area contributed by atoms with Crippen LogP contribution in [0.2, 0.25) is 0 Å². The van der Waals surface area contributed by atoms with Gasteiger partial charge in [-0.3, -0.25) is 19.3 Å². The van der Waals surface area contributed by atoms with Crippen molar-refractivity contribution in [2.75, 3.05) is 13.1 Å². The average Bonchev–Trinajstić information content (AvgIpc) is 3.31. The number of aliphatic imine (C=N–C) groups is 1. The molecular weight excluding hydrogens is 332 g/mol. The second-order valence-electron chi connectivity index (χ2n) is 5.70. The molecule has 1 aromatic carbocycles. The summed E-state index contributed by atoms with van der Waals surface area (Å²) in [7, 11) is -3.57. The number of rotatable bonds is 6. The van der Waals surface area contributed by atoms with Crippen molar-refractivity contribution in [2.45, 2.75) is 30.2 Å². The normalized spacial score (nSPS) is 19.4. The Morgan fingerprint density at radius 3 is 2.71 bits per heavy atom. The lowest BCUT2D eigenvalue weighted by molar-refractivity contribution is -0.126. The van der Waals surface area contributed by atoms with Crippen molar-refractivity contribution >= 4 is 27.7 Å². The Balaban J connectivity index is 1.49. The smallest absolute Gasteiger partial charge is 0.263 e. The van der Waals surface area contributed by atoms with E-state index in [4.69, 9.17) is 0 Å². The number of hydrogen-bond donors (Lipinski definition) is 3. The number of amidine groups is 1. The maximum atomic E-state index is 11.9. The molecule has 0 atom stereocenters. The fraction of sp³-hybridized carbons (Fsp3) is 0.400. The van der Waals surface area contributed by atoms with Gasteiger partial charge in [0.15, 0.2) is 0 Å². The Hall–Kier alpha value is -2.42. The summed E-state index contributed by atoms with van der Waals surface area (Å²) in [4.78, 5) is 27.5. The van der Waals surface area contributed by atoms with E-state index in [9.17, 15) is 18.0 Å². The summed E-state index contributed by atoms with van der Waals surface area (Å²) >= 11 is 0. The number of sulfonamides is 1. The van der Waals surface area contributed by atoms with Gasteiger partial charge in [0.05, 0.1) is 18.0 Å². The lowest BCUT2D eigenvalue weighted by Gasteiger charge is -2.05. The minimum absolute atomic E-state index is 0.0542. The summed E-state index contributed by atoms with van der Waals surface area (Å²) in [6.07, 6.45) is 2.06. The van der Waals surface area contributed by atoms with E-state index in [0.717, 1.165) is 12.8 Å². The second kappa shape index (κ2) is 6.60. The molecule has 1 fully saturated rings. The number of hydrogen-bond acceptors (Lipinski definition) is 5. The van der Waals surface area contributed by atoms with Crippen LogP contribution in [0.5, 0.6) is 0 Å². The molecule has 2 aliphatic rings. The highest BCUT2D eigenvalue weighted by Gasteiger charge is 2.30. The van der Waals surface area contributed by atoms with Gasteiger partial charge in [0, 0.05) is 18.0 Å². The maximum absolute atomic E-state index is 11.9. The zero-order valence-corrected chi connectivity index (χ0v) is 13.7. The monoisotopic (exact) mass is 350 g/mol. The quantitative estimate of drug-likeness (QED) is 0.642. The molecule has 9 heteroatoms. The standard InChI is InChI=1S/C15H18N4O4S/c20-13(17-9-14(21)18-10-5-6-10)7-8-16-15-11-3-1-2-4-12(11)24(22,23)19-15/h1-4,10H,5-9H2,(H,16,19)(H,17,20)(H,18,21). The fourth-order valence-electron chi connectivity index (χ4n) is 2.29. The lowest BCUT2D eigenvalue weighted by atomic mass is 10.2. The van der Waals surface area contributed by atoms with Crippen LogP contribution in [0.4, 0.5) is 0 Å². The molecule has 3 rings (SSSR count). The van der Waals surface area contributed by atoms with Crippen molar-refractivity contribution in [1.82, 2.24) is 15.4 Å². The third kappa shape index (κ3) is 3.91. The Kier molecular flexibility index (Phi) is 4.52. The molecule has 2 amide bonds. The minimum atomic E-state index is -3.57. The highest BCUT2D eigenvalue weighted by Crippen LogP contribution is 2.22. The third-order valence-corrected chi connectivity index (χ3v) is 5.06. The van der Waals surface area contributed by atoms with E-state index in [0.29, 0.717) is 5.56 Å². The van der Waals surface area contributed by atoms with Gasteiger partial charge in [-0.25, -0.2) is 8.42 Å². The first kappa shape index (κ1) is 16.4. The largest absolute Gasteiger partial charge is 0.352 e. The minimum Gasteiger partial charge on any atom is -0.352 e. The SMILES string of the molecule is O=C(CCN=C1NS(=O)(=O)c2ccccc21)NCC(=O)NC1CC1. The number of fused-ring (bicyclic) bond motifs is 1. The van der Waals surface area contributed by atoms with Crippen molar-refractivity contribution in [2.24, 2.45) is 4.99 Å². The van der Waals surface area contributed by atoms with Crippen LogP contribution in [0, 0.1) is 0 Å². The van der Waals surface area contributed by atoms with E-state index < -0.39 is 10.0 Å². The summed E-state index contributed by atoms with van der Waals surface area (Å²) < 4.78 is 26.2.